The zero-order valence-electron chi connectivity index (χ0n) is 12.5. The molecule has 1 saturated heterocycles. The molecule has 23 heavy (non-hydrogen) atoms. The van der Waals surface area contributed by atoms with Crippen molar-refractivity contribution in [2.75, 3.05) is 18.0 Å². The summed E-state index contributed by atoms with van der Waals surface area (Å²) >= 11 is 0. The summed E-state index contributed by atoms with van der Waals surface area (Å²) in [5.41, 5.74) is 6.11. The van der Waals surface area contributed by atoms with Gasteiger partial charge < -0.3 is 10.6 Å². The summed E-state index contributed by atoms with van der Waals surface area (Å²) < 4.78 is 39.3. The zero-order chi connectivity index (χ0) is 15.9. The smallest absolute Gasteiger partial charge is 0.368 e. The maximum Gasteiger partial charge on any atom is 0.418 e. The summed E-state index contributed by atoms with van der Waals surface area (Å²) in [6, 6.07) is 2.57. The fourth-order valence-corrected chi connectivity index (χ4v) is 3.12. The number of piperidine rings is 1. The molecule has 2 atom stereocenters. The molecule has 0 unspecified atom stereocenters. The molecule has 0 aliphatic carbocycles. The van der Waals surface area contributed by atoms with Gasteiger partial charge in [-0.15, -0.1) is 12.4 Å². The average molecular weight is 347 g/mol. The van der Waals surface area contributed by atoms with Crippen LogP contribution in [0.25, 0.3) is 11.0 Å². The first-order valence-electron chi connectivity index (χ1n) is 7.17. The molecule has 126 valence electrons. The van der Waals surface area contributed by atoms with Crippen molar-refractivity contribution in [3.05, 3.63) is 30.1 Å². The number of hydrogen-bond donors (Lipinski definition) is 1. The van der Waals surface area contributed by atoms with Gasteiger partial charge in [0.15, 0.2) is 0 Å². The molecule has 0 radical (unpaired) electrons. The summed E-state index contributed by atoms with van der Waals surface area (Å²) in [6.45, 7) is 3.45. The molecular formula is C15H18ClF3N4. The van der Waals surface area contributed by atoms with Gasteiger partial charge in [0.05, 0.1) is 11.3 Å². The van der Waals surface area contributed by atoms with Gasteiger partial charge in [-0.05, 0) is 24.5 Å². The first-order chi connectivity index (χ1) is 10.4. The number of hydrogen-bond acceptors (Lipinski definition) is 4. The predicted molar refractivity (Wildman–Crippen MR) is 85.8 cm³/mol. The molecule has 8 heteroatoms. The number of alkyl halides is 3. The normalized spacial score (nSPS) is 22.0. The van der Waals surface area contributed by atoms with Gasteiger partial charge in [-0.2, -0.15) is 13.2 Å². The summed E-state index contributed by atoms with van der Waals surface area (Å²) in [7, 11) is 0. The Balaban J connectivity index is 0.00000192. The lowest BCUT2D eigenvalue weighted by Crippen LogP contribution is -2.46. The van der Waals surface area contributed by atoms with Crippen LogP contribution in [0.5, 0.6) is 0 Å². The van der Waals surface area contributed by atoms with Gasteiger partial charge in [-0.25, -0.2) is 0 Å². The van der Waals surface area contributed by atoms with Crippen LogP contribution < -0.4 is 10.6 Å². The number of benzene rings is 1. The van der Waals surface area contributed by atoms with Gasteiger partial charge in [0.1, 0.15) is 11.0 Å². The fourth-order valence-electron chi connectivity index (χ4n) is 3.12. The van der Waals surface area contributed by atoms with Crippen molar-refractivity contribution in [1.82, 2.24) is 9.97 Å². The third kappa shape index (κ3) is 3.50. The third-order valence-electron chi connectivity index (χ3n) is 3.94. The van der Waals surface area contributed by atoms with Crippen LogP contribution in [-0.4, -0.2) is 29.1 Å². The Morgan fingerprint density at radius 3 is 2.39 bits per heavy atom. The molecule has 2 N–H and O–H groups in total. The lowest BCUT2D eigenvalue weighted by molar-refractivity contribution is -0.136. The van der Waals surface area contributed by atoms with E-state index in [0.717, 1.165) is 19.0 Å². The second kappa shape index (κ2) is 6.49. The van der Waals surface area contributed by atoms with Crippen molar-refractivity contribution in [2.24, 2.45) is 11.7 Å². The monoisotopic (exact) mass is 346 g/mol. The minimum atomic E-state index is -4.45. The maximum atomic E-state index is 13.1. The van der Waals surface area contributed by atoms with E-state index in [-0.39, 0.29) is 29.5 Å². The number of nitrogens with two attached hydrogens (primary N) is 1. The van der Waals surface area contributed by atoms with E-state index in [1.54, 1.807) is 0 Å². The second-order valence-electron chi connectivity index (χ2n) is 5.89. The number of halogens is 4. The van der Waals surface area contributed by atoms with Crippen LogP contribution in [0.1, 0.15) is 18.9 Å². The van der Waals surface area contributed by atoms with Gasteiger partial charge in [0.25, 0.3) is 0 Å². The highest BCUT2D eigenvalue weighted by Crippen LogP contribution is 2.37. The van der Waals surface area contributed by atoms with E-state index < -0.39 is 11.7 Å². The molecule has 1 aromatic heterocycles. The van der Waals surface area contributed by atoms with E-state index in [1.807, 2.05) is 4.90 Å². The largest absolute Gasteiger partial charge is 0.418 e. The highest BCUT2D eigenvalue weighted by molar-refractivity contribution is 5.90. The molecule has 0 saturated carbocycles. The Kier molecular flexibility index (Phi) is 5.01. The molecule has 1 aliphatic heterocycles. The SMILES string of the molecule is C[C@H]1C[C@@H](N)CN(c2ccc(C(F)(F)F)c3nccnc23)C1.Cl. The summed E-state index contributed by atoms with van der Waals surface area (Å²) in [6.07, 6.45) is -0.829. The number of nitrogens with zero attached hydrogens (tertiary/aromatic N) is 3. The van der Waals surface area contributed by atoms with E-state index in [9.17, 15) is 13.2 Å². The van der Waals surface area contributed by atoms with Crippen LogP contribution >= 0.6 is 12.4 Å². The van der Waals surface area contributed by atoms with Crippen LogP contribution in [-0.2, 0) is 6.18 Å². The second-order valence-corrected chi connectivity index (χ2v) is 5.89. The molecule has 1 fully saturated rings. The molecule has 1 aromatic carbocycles. The minimum Gasteiger partial charge on any atom is -0.368 e. The molecule has 2 heterocycles. The van der Waals surface area contributed by atoms with Crippen molar-refractivity contribution in [1.29, 1.82) is 0 Å². The molecule has 1 aliphatic rings. The maximum absolute atomic E-state index is 13.1. The Labute approximate surface area is 138 Å². The van der Waals surface area contributed by atoms with Crippen molar-refractivity contribution >= 4 is 29.1 Å². The van der Waals surface area contributed by atoms with Gasteiger partial charge in [-0.1, -0.05) is 6.92 Å². The van der Waals surface area contributed by atoms with Crippen LogP contribution in [0.15, 0.2) is 24.5 Å². The van der Waals surface area contributed by atoms with Gasteiger partial charge in [0, 0.05) is 31.5 Å². The summed E-state index contributed by atoms with van der Waals surface area (Å²) in [5, 5.41) is 0. The van der Waals surface area contributed by atoms with Crippen molar-refractivity contribution in [3.63, 3.8) is 0 Å². The number of rotatable bonds is 1. The van der Waals surface area contributed by atoms with E-state index in [2.05, 4.69) is 16.9 Å². The lowest BCUT2D eigenvalue weighted by atomic mass is 9.95. The molecule has 0 amide bonds. The van der Waals surface area contributed by atoms with Crippen molar-refractivity contribution in [2.45, 2.75) is 25.6 Å². The van der Waals surface area contributed by atoms with Crippen LogP contribution in [0.4, 0.5) is 18.9 Å². The van der Waals surface area contributed by atoms with Gasteiger partial charge in [-0.3, -0.25) is 9.97 Å². The number of aromatic nitrogens is 2. The van der Waals surface area contributed by atoms with Gasteiger partial charge in [0.2, 0.25) is 0 Å². The molecule has 3 rings (SSSR count). The summed E-state index contributed by atoms with van der Waals surface area (Å²) in [4.78, 5) is 10.0. The highest BCUT2D eigenvalue weighted by atomic mass is 35.5. The lowest BCUT2D eigenvalue weighted by Gasteiger charge is -2.36. The topological polar surface area (TPSA) is 55.0 Å². The molecule has 0 bridgehead atoms. The Bertz CT molecular complexity index is 682. The summed E-state index contributed by atoms with van der Waals surface area (Å²) in [5.74, 6) is 0.387. The van der Waals surface area contributed by atoms with E-state index >= 15 is 0 Å². The van der Waals surface area contributed by atoms with E-state index in [4.69, 9.17) is 5.73 Å². The van der Waals surface area contributed by atoms with Crippen LogP contribution in [0.2, 0.25) is 0 Å². The fraction of sp³-hybridized carbons (Fsp3) is 0.467. The van der Waals surface area contributed by atoms with Crippen molar-refractivity contribution in [3.8, 4) is 0 Å². The number of anilines is 1. The van der Waals surface area contributed by atoms with Gasteiger partial charge >= 0.3 is 6.18 Å². The van der Waals surface area contributed by atoms with E-state index in [1.165, 1.54) is 18.5 Å². The number of fused-ring (bicyclic) bond motifs is 1. The Morgan fingerprint density at radius 2 is 1.78 bits per heavy atom. The molecule has 4 nitrogen and oxygen atoms in total. The molecular weight excluding hydrogens is 329 g/mol. The Hall–Kier alpha value is -1.60. The van der Waals surface area contributed by atoms with Crippen molar-refractivity contribution < 1.29 is 13.2 Å². The Morgan fingerprint density at radius 1 is 1.13 bits per heavy atom. The molecule has 2 aromatic rings. The average Bonchev–Trinajstić information content (AvgIpc) is 2.44. The van der Waals surface area contributed by atoms with Crippen LogP contribution in [0, 0.1) is 5.92 Å². The quantitative estimate of drug-likeness (QED) is 0.861. The van der Waals surface area contributed by atoms with E-state index in [0.29, 0.717) is 18.2 Å². The van der Waals surface area contributed by atoms with Crippen LogP contribution in [0.3, 0.4) is 0 Å². The predicted octanol–water partition coefficient (Wildman–Crippen LogP) is 3.24. The minimum absolute atomic E-state index is 0. The molecule has 0 spiro atoms. The highest BCUT2D eigenvalue weighted by Gasteiger charge is 2.35. The standard InChI is InChI=1S/C15H17F3N4.ClH/c1-9-6-10(19)8-22(7-9)12-3-2-11(15(16,17)18)13-14(12)21-5-4-20-13;/h2-5,9-10H,6-8,19H2,1H3;1H/t9-,10+;/m0./s1. The first-order valence-corrected chi connectivity index (χ1v) is 7.17. The third-order valence-corrected chi connectivity index (χ3v) is 3.94. The first kappa shape index (κ1) is 17.7. The zero-order valence-corrected chi connectivity index (χ0v) is 13.4.